The van der Waals surface area contributed by atoms with Gasteiger partial charge in [0.25, 0.3) is 0 Å². The molecule has 2 nitrogen and oxygen atoms in total. The molecule has 1 rings (SSSR count). The molecule has 11 heavy (non-hydrogen) atoms. The van der Waals surface area contributed by atoms with Gasteiger partial charge in [-0.1, -0.05) is 0 Å². The van der Waals surface area contributed by atoms with E-state index in [1.165, 1.54) is 25.4 Å². The van der Waals surface area contributed by atoms with Crippen molar-refractivity contribution in [1.82, 2.24) is 0 Å². The third kappa shape index (κ3) is 2.37. The van der Waals surface area contributed by atoms with Gasteiger partial charge in [-0.15, -0.1) is 0 Å². The smallest absolute Gasteiger partial charge is 0.181 e. The van der Waals surface area contributed by atoms with E-state index in [1.54, 1.807) is 12.1 Å². The van der Waals surface area contributed by atoms with Crippen LogP contribution in [0.1, 0.15) is 5.56 Å². The van der Waals surface area contributed by atoms with Gasteiger partial charge in [0, 0.05) is 5.56 Å². The molecule has 0 heterocycles. The quantitative estimate of drug-likeness (QED) is 0.259. The molecule has 0 radical (unpaired) electrons. The number of benzene rings is 1. The predicted octanol–water partition coefficient (Wildman–Crippen LogP) is 1.38. The molecule has 0 N–H and O–H groups in total. The lowest BCUT2D eigenvalue weighted by Gasteiger charge is -1.94. The second-order valence-electron chi connectivity index (χ2n) is 2.23. The summed E-state index contributed by atoms with van der Waals surface area (Å²) < 4.78 is 13.0. The Morgan fingerprint density at radius 1 is 1.36 bits per heavy atom. The maximum absolute atomic E-state index is 12.3. The van der Waals surface area contributed by atoms with Crippen LogP contribution in [-0.2, 0) is 0 Å². The summed E-state index contributed by atoms with van der Waals surface area (Å²) in [7, 11) is 1.38. The molecule has 0 aromatic heterocycles. The van der Waals surface area contributed by atoms with Crippen LogP contribution in [0.25, 0.3) is 0 Å². The van der Waals surface area contributed by atoms with Gasteiger partial charge in [0.15, 0.2) is 6.21 Å². The molecule has 0 atom stereocenters. The van der Waals surface area contributed by atoms with E-state index in [0.717, 1.165) is 0 Å². The molecule has 0 aliphatic carbocycles. The molecule has 0 bridgehead atoms. The molecule has 0 spiro atoms. The molecule has 0 amide bonds. The summed E-state index contributed by atoms with van der Waals surface area (Å²) in [5, 5.41) is 10.5. The van der Waals surface area contributed by atoms with E-state index in [2.05, 4.69) is 0 Å². The Hall–Kier alpha value is -1.38. The van der Waals surface area contributed by atoms with Gasteiger partial charge in [0.2, 0.25) is 0 Å². The van der Waals surface area contributed by atoms with Crippen LogP contribution in [0, 0.1) is 11.0 Å². The zero-order valence-corrected chi connectivity index (χ0v) is 6.12. The van der Waals surface area contributed by atoms with Crippen LogP contribution in [0.3, 0.4) is 0 Å². The van der Waals surface area contributed by atoms with Gasteiger partial charge in [-0.05, 0) is 24.3 Å². The Morgan fingerprint density at radius 2 is 1.91 bits per heavy atom. The zero-order chi connectivity index (χ0) is 8.27. The summed E-state index contributed by atoms with van der Waals surface area (Å²) in [6.45, 7) is 0. The van der Waals surface area contributed by atoms with E-state index in [-0.39, 0.29) is 5.82 Å². The van der Waals surface area contributed by atoms with Crippen LogP contribution in [-0.4, -0.2) is 18.0 Å². The molecule has 0 aliphatic rings. The standard InChI is InChI=1S/C8H8FNO/c1-10(11)6-7-2-4-8(9)5-3-7/h2-6H,1H3/b10-6+. The summed E-state index contributed by atoms with van der Waals surface area (Å²) in [5.74, 6) is -0.296. The topological polar surface area (TPSA) is 26.1 Å². The van der Waals surface area contributed by atoms with Gasteiger partial charge in [0.1, 0.15) is 12.9 Å². The molecule has 58 valence electrons. The first-order chi connectivity index (χ1) is 5.18. The van der Waals surface area contributed by atoms with Crippen molar-refractivity contribution < 1.29 is 9.13 Å². The fourth-order valence-electron chi connectivity index (χ4n) is 0.759. The van der Waals surface area contributed by atoms with Crippen LogP contribution in [0.2, 0.25) is 0 Å². The number of halogens is 1. The lowest BCUT2D eigenvalue weighted by atomic mass is 10.2. The minimum atomic E-state index is -0.296. The molecule has 1 aromatic carbocycles. The third-order valence-electron chi connectivity index (χ3n) is 1.20. The van der Waals surface area contributed by atoms with Gasteiger partial charge < -0.3 is 5.21 Å². The monoisotopic (exact) mass is 153 g/mol. The Balaban J connectivity index is 2.91. The highest BCUT2D eigenvalue weighted by molar-refractivity contribution is 5.75. The van der Waals surface area contributed by atoms with E-state index < -0.39 is 0 Å². The summed E-state index contributed by atoms with van der Waals surface area (Å²) in [5.41, 5.74) is 0.698. The first kappa shape index (κ1) is 7.72. The van der Waals surface area contributed by atoms with Crippen molar-refractivity contribution in [1.29, 1.82) is 0 Å². The van der Waals surface area contributed by atoms with E-state index in [9.17, 15) is 9.60 Å². The van der Waals surface area contributed by atoms with Gasteiger partial charge in [0.05, 0.1) is 0 Å². The van der Waals surface area contributed by atoms with E-state index in [0.29, 0.717) is 10.3 Å². The fraction of sp³-hybridized carbons (Fsp3) is 0.125. The van der Waals surface area contributed by atoms with Crippen LogP contribution in [0.4, 0.5) is 4.39 Å². The van der Waals surface area contributed by atoms with Crippen molar-refractivity contribution >= 4 is 6.21 Å². The lowest BCUT2D eigenvalue weighted by molar-refractivity contribution is -0.416. The minimum absolute atomic E-state index is 0.296. The second-order valence-corrected chi connectivity index (χ2v) is 2.23. The summed E-state index contributed by atoms with van der Waals surface area (Å²) in [6, 6.07) is 5.72. The molecule has 1 aromatic rings. The van der Waals surface area contributed by atoms with Crippen LogP contribution < -0.4 is 0 Å². The third-order valence-corrected chi connectivity index (χ3v) is 1.20. The van der Waals surface area contributed by atoms with E-state index in [4.69, 9.17) is 0 Å². The van der Waals surface area contributed by atoms with Crippen molar-refractivity contribution in [2.75, 3.05) is 7.05 Å². The van der Waals surface area contributed by atoms with Crippen molar-refractivity contribution in [3.63, 3.8) is 0 Å². The number of nitrogens with zero attached hydrogens (tertiary/aromatic N) is 1. The molecule has 0 saturated heterocycles. The summed E-state index contributed by atoms with van der Waals surface area (Å²) in [6.07, 6.45) is 1.37. The van der Waals surface area contributed by atoms with E-state index in [1.807, 2.05) is 0 Å². The largest absolute Gasteiger partial charge is 0.624 e. The molecule has 0 aliphatic heterocycles. The predicted molar refractivity (Wildman–Crippen MR) is 41.1 cm³/mol. The first-order valence-electron chi connectivity index (χ1n) is 3.19. The van der Waals surface area contributed by atoms with Crippen molar-refractivity contribution in [2.24, 2.45) is 0 Å². The highest BCUT2D eigenvalue weighted by Gasteiger charge is 1.91. The number of hydroxylamine groups is 1. The minimum Gasteiger partial charge on any atom is -0.624 e. The Bertz CT molecular complexity index is 262. The first-order valence-corrected chi connectivity index (χ1v) is 3.19. The molecular weight excluding hydrogens is 145 g/mol. The van der Waals surface area contributed by atoms with Gasteiger partial charge in [-0.3, -0.25) is 0 Å². The average Bonchev–Trinajstić information content (AvgIpc) is 1.93. The highest BCUT2D eigenvalue weighted by Crippen LogP contribution is 1.99. The number of hydrogen-bond donors (Lipinski definition) is 0. The van der Waals surface area contributed by atoms with Crippen LogP contribution in [0.5, 0.6) is 0 Å². The zero-order valence-electron chi connectivity index (χ0n) is 6.12. The van der Waals surface area contributed by atoms with Crippen molar-refractivity contribution in [2.45, 2.75) is 0 Å². The van der Waals surface area contributed by atoms with Gasteiger partial charge in [-0.25, -0.2) is 9.13 Å². The SMILES string of the molecule is C/[N+]([O-])=C\c1ccc(F)cc1. The summed E-state index contributed by atoms with van der Waals surface area (Å²) in [4.78, 5) is 0. The molecule has 0 unspecified atom stereocenters. The molecular formula is C8H8FNO. The lowest BCUT2D eigenvalue weighted by Crippen LogP contribution is -1.96. The fourth-order valence-corrected chi connectivity index (χ4v) is 0.759. The highest BCUT2D eigenvalue weighted by atomic mass is 19.1. The van der Waals surface area contributed by atoms with E-state index >= 15 is 0 Å². The molecule has 0 fully saturated rings. The molecule has 0 saturated carbocycles. The van der Waals surface area contributed by atoms with Gasteiger partial charge >= 0.3 is 0 Å². The van der Waals surface area contributed by atoms with Crippen LogP contribution in [0.15, 0.2) is 24.3 Å². The maximum Gasteiger partial charge on any atom is 0.181 e. The van der Waals surface area contributed by atoms with Crippen molar-refractivity contribution in [3.05, 3.63) is 40.9 Å². The Morgan fingerprint density at radius 3 is 2.36 bits per heavy atom. The summed E-state index contributed by atoms with van der Waals surface area (Å²) >= 11 is 0. The molecule has 3 heteroatoms. The Labute approximate surface area is 64.2 Å². The van der Waals surface area contributed by atoms with Crippen LogP contribution >= 0.6 is 0 Å². The number of hydrogen-bond acceptors (Lipinski definition) is 1. The average molecular weight is 153 g/mol. The van der Waals surface area contributed by atoms with Gasteiger partial charge in [-0.2, -0.15) is 0 Å². The second kappa shape index (κ2) is 3.14. The Kier molecular flexibility index (Phi) is 2.21. The normalized spacial score (nSPS) is 11.6. The maximum atomic E-state index is 12.3. The van der Waals surface area contributed by atoms with Crippen molar-refractivity contribution in [3.8, 4) is 0 Å². The number of rotatable bonds is 1.